The van der Waals surface area contributed by atoms with E-state index in [1.54, 1.807) is 30.3 Å². The number of hydrogen-bond acceptors (Lipinski definition) is 8. The second-order valence-electron chi connectivity index (χ2n) is 9.15. The lowest BCUT2D eigenvalue weighted by molar-refractivity contribution is 0.00578. The SMILES string of the molecule is CCCCOCCNc1nc(Oc2ccc(B3OC(C)(C)C(C)(C)O3)c(C=O)c2)ccc1C#N. The predicted octanol–water partition coefficient (Wildman–Crippen LogP) is 4.09. The first-order valence-corrected chi connectivity index (χ1v) is 11.6. The monoisotopic (exact) mass is 465 g/mol. The molecule has 1 aliphatic rings. The number of aromatic nitrogens is 1. The van der Waals surface area contributed by atoms with Crippen LogP contribution in [0.5, 0.6) is 11.6 Å². The highest BCUT2D eigenvalue weighted by Crippen LogP contribution is 2.37. The molecule has 34 heavy (non-hydrogen) atoms. The van der Waals surface area contributed by atoms with Crippen LogP contribution in [0, 0.1) is 11.3 Å². The van der Waals surface area contributed by atoms with Crippen molar-refractivity contribution in [3.05, 3.63) is 41.5 Å². The zero-order valence-electron chi connectivity index (χ0n) is 20.5. The Morgan fingerprint density at radius 2 is 1.88 bits per heavy atom. The summed E-state index contributed by atoms with van der Waals surface area (Å²) in [5.74, 6) is 1.16. The van der Waals surface area contributed by atoms with E-state index >= 15 is 0 Å². The molecule has 1 saturated heterocycles. The highest BCUT2D eigenvalue weighted by molar-refractivity contribution is 6.63. The van der Waals surface area contributed by atoms with Gasteiger partial charge in [-0.15, -0.1) is 0 Å². The van der Waals surface area contributed by atoms with Crippen LogP contribution in [-0.2, 0) is 14.0 Å². The van der Waals surface area contributed by atoms with Gasteiger partial charge in [0.05, 0.1) is 23.4 Å². The predicted molar refractivity (Wildman–Crippen MR) is 131 cm³/mol. The summed E-state index contributed by atoms with van der Waals surface area (Å²) in [4.78, 5) is 16.2. The van der Waals surface area contributed by atoms with E-state index in [1.807, 2.05) is 27.7 Å². The van der Waals surface area contributed by atoms with Gasteiger partial charge in [-0.3, -0.25) is 4.79 Å². The van der Waals surface area contributed by atoms with Gasteiger partial charge < -0.3 is 24.1 Å². The van der Waals surface area contributed by atoms with Gasteiger partial charge in [0.15, 0.2) is 0 Å². The summed E-state index contributed by atoms with van der Waals surface area (Å²) in [5, 5.41) is 12.5. The Hall–Kier alpha value is -2.93. The number of anilines is 1. The van der Waals surface area contributed by atoms with Crippen molar-refractivity contribution in [1.82, 2.24) is 4.98 Å². The van der Waals surface area contributed by atoms with Gasteiger partial charge in [0, 0.05) is 24.8 Å². The van der Waals surface area contributed by atoms with Crippen LogP contribution in [0.4, 0.5) is 5.82 Å². The van der Waals surface area contributed by atoms with Crippen molar-refractivity contribution < 1.29 is 23.6 Å². The van der Waals surface area contributed by atoms with Crippen molar-refractivity contribution in [2.45, 2.75) is 58.7 Å². The number of rotatable bonds is 11. The van der Waals surface area contributed by atoms with E-state index in [1.165, 1.54) is 0 Å². The highest BCUT2D eigenvalue weighted by atomic mass is 16.7. The molecule has 8 nitrogen and oxygen atoms in total. The number of hydrogen-bond donors (Lipinski definition) is 1. The smallest absolute Gasteiger partial charge is 0.439 e. The number of nitrogens with zero attached hydrogens (tertiary/aromatic N) is 2. The number of unbranched alkanes of at least 4 members (excludes halogenated alkanes) is 1. The third kappa shape index (κ3) is 5.95. The molecule has 0 radical (unpaired) electrons. The van der Waals surface area contributed by atoms with Gasteiger partial charge in [-0.1, -0.05) is 19.4 Å². The van der Waals surface area contributed by atoms with E-state index in [0.29, 0.717) is 53.8 Å². The number of nitrogens with one attached hydrogen (secondary N) is 1. The first-order valence-electron chi connectivity index (χ1n) is 11.6. The second-order valence-corrected chi connectivity index (χ2v) is 9.15. The van der Waals surface area contributed by atoms with Crippen molar-refractivity contribution in [1.29, 1.82) is 5.26 Å². The Balaban J connectivity index is 1.72. The molecule has 9 heteroatoms. The van der Waals surface area contributed by atoms with Gasteiger partial charge in [-0.25, -0.2) is 0 Å². The number of aldehydes is 1. The summed E-state index contributed by atoms with van der Waals surface area (Å²) >= 11 is 0. The van der Waals surface area contributed by atoms with Crippen LogP contribution < -0.4 is 15.5 Å². The Kier molecular flexibility index (Phi) is 8.31. The average molecular weight is 465 g/mol. The molecule has 1 aliphatic heterocycles. The van der Waals surface area contributed by atoms with Crippen molar-refractivity contribution in [2.75, 3.05) is 25.1 Å². The summed E-state index contributed by atoms with van der Waals surface area (Å²) in [7, 11) is -0.650. The summed E-state index contributed by atoms with van der Waals surface area (Å²) in [6.45, 7) is 11.7. The van der Waals surface area contributed by atoms with E-state index in [2.05, 4.69) is 23.3 Å². The molecule has 1 aromatic carbocycles. The van der Waals surface area contributed by atoms with Gasteiger partial charge in [-0.05, 0) is 57.8 Å². The number of carbonyl (C=O) groups excluding carboxylic acids is 1. The van der Waals surface area contributed by atoms with Gasteiger partial charge in [0.2, 0.25) is 5.88 Å². The Morgan fingerprint density at radius 3 is 2.53 bits per heavy atom. The van der Waals surface area contributed by atoms with Crippen LogP contribution in [-0.4, -0.2) is 49.3 Å². The van der Waals surface area contributed by atoms with E-state index < -0.39 is 18.3 Å². The molecule has 3 rings (SSSR count). The number of carbonyl (C=O) groups is 1. The molecule has 0 aliphatic carbocycles. The normalized spacial score (nSPS) is 16.2. The third-order valence-electron chi connectivity index (χ3n) is 6.09. The first kappa shape index (κ1) is 25.7. The van der Waals surface area contributed by atoms with Gasteiger partial charge >= 0.3 is 7.12 Å². The molecule has 1 fully saturated rings. The molecule has 0 bridgehead atoms. The van der Waals surface area contributed by atoms with Crippen LogP contribution in [0.15, 0.2) is 30.3 Å². The summed E-state index contributed by atoms with van der Waals surface area (Å²) in [6.07, 6.45) is 2.85. The molecule has 1 aromatic heterocycles. The van der Waals surface area contributed by atoms with Crippen LogP contribution in [0.3, 0.4) is 0 Å². The lowest BCUT2D eigenvalue weighted by atomic mass is 9.76. The maximum atomic E-state index is 11.8. The minimum atomic E-state index is -0.650. The Labute approximate surface area is 201 Å². The molecule has 2 aromatic rings. The topological polar surface area (TPSA) is 103 Å². The fraction of sp³-hybridized carbons (Fsp3) is 0.480. The average Bonchev–Trinajstić information content (AvgIpc) is 3.02. The first-order chi connectivity index (χ1) is 16.2. The zero-order chi connectivity index (χ0) is 24.8. The van der Waals surface area contributed by atoms with Crippen LogP contribution in [0.1, 0.15) is 63.4 Å². The zero-order valence-corrected chi connectivity index (χ0v) is 20.5. The minimum Gasteiger partial charge on any atom is -0.439 e. The lowest BCUT2D eigenvalue weighted by Gasteiger charge is -2.32. The van der Waals surface area contributed by atoms with Crippen LogP contribution in [0.2, 0.25) is 0 Å². The number of pyridine rings is 1. The molecular weight excluding hydrogens is 433 g/mol. The molecular formula is C25H32BN3O5. The number of nitriles is 1. The summed E-state index contributed by atoms with van der Waals surface area (Å²) < 4.78 is 23.6. The minimum absolute atomic E-state index is 0.300. The van der Waals surface area contributed by atoms with Gasteiger partial charge in [0.25, 0.3) is 0 Å². The lowest BCUT2D eigenvalue weighted by Crippen LogP contribution is -2.41. The molecule has 180 valence electrons. The molecule has 1 N–H and O–H groups in total. The quantitative estimate of drug-likeness (QED) is 0.301. The number of ether oxygens (including phenoxy) is 2. The Morgan fingerprint density at radius 1 is 1.15 bits per heavy atom. The maximum absolute atomic E-state index is 11.8. The summed E-state index contributed by atoms with van der Waals surface area (Å²) in [6, 6.07) is 10.5. The van der Waals surface area contributed by atoms with E-state index in [-0.39, 0.29) is 0 Å². The highest BCUT2D eigenvalue weighted by Gasteiger charge is 2.52. The maximum Gasteiger partial charge on any atom is 0.495 e. The van der Waals surface area contributed by atoms with E-state index in [0.717, 1.165) is 19.1 Å². The third-order valence-corrected chi connectivity index (χ3v) is 6.09. The van der Waals surface area contributed by atoms with Crippen molar-refractivity contribution >= 4 is 24.7 Å². The fourth-order valence-corrected chi connectivity index (χ4v) is 3.34. The largest absolute Gasteiger partial charge is 0.495 e. The van der Waals surface area contributed by atoms with Crippen LogP contribution in [0.25, 0.3) is 0 Å². The van der Waals surface area contributed by atoms with E-state index in [4.69, 9.17) is 18.8 Å². The molecule has 2 heterocycles. The van der Waals surface area contributed by atoms with Crippen molar-refractivity contribution in [3.63, 3.8) is 0 Å². The molecule has 0 atom stereocenters. The molecule has 0 unspecified atom stereocenters. The second kappa shape index (κ2) is 11.0. The molecule has 0 saturated carbocycles. The number of benzene rings is 1. The fourth-order valence-electron chi connectivity index (χ4n) is 3.34. The standard InChI is InChI=1S/C25H32BN3O5/c1-6-7-13-31-14-12-28-23-18(16-27)8-11-22(29-23)32-20-9-10-21(19(15-20)17-30)26-33-24(2,3)25(4,5)34-26/h8-11,15,17H,6-7,12-14H2,1-5H3,(H,28,29). The Bertz CT molecular complexity index is 1040. The molecule has 0 amide bonds. The summed E-state index contributed by atoms with van der Waals surface area (Å²) in [5.41, 5.74) is 0.435. The van der Waals surface area contributed by atoms with Crippen molar-refractivity contribution in [2.24, 2.45) is 0 Å². The van der Waals surface area contributed by atoms with Gasteiger partial charge in [0.1, 0.15) is 23.9 Å². The van der Waals surface area contributed by atoms with Gasteiger partial charge in [-0.2, -0.15) is 10.2 Å². The van der Waals surface area contributed by atoms with Crippen molar-refractivity contribution in [3.8, 4) is 17.7 Å². The van der Waals surface area contributed by atoms with E-state index in [9.17, 15) is 10.1 Å². The molecule has 0 spiro atoms. The van der Waals surface area contributed by atoms with Crippen LogP contribution >= 0.6 is 0 Å².